The molecule has 0 spiro atoms. The minimum Gasteiger partial charge on any atom is -0.493 e. The molecular weight excluding hydrogens is 336 g/mol. The van der Waals surface area contributed by atoms with E-state index in [0.29, 0.717) is 17.9 Å². The van der Waals surface area contributed by atoms with E-state index in [4.69, 9.17) is 9.47 Å². The monoisotopic (exact) mass is 368 g/mol. The van der Waals surface area contributed by atoms with E-state index >= 15 is 0 Å². The van der Waals surface area contributed by atoms with Gasteiger partial charge in [0.2, 0.25) is 0 Å². The van der Waals surface area contributed by atoms with Gasteiger partial charge in [-0.3, -0.25) is 0 Å². The summed E-state index contributed by atoms with van der Waals surface area (Å²) in [5, 5.41) is 39.6. The minimum atomic E-state index is -1.39. The van der Waals surface area contributed by atoms with E-state index < -0.39 is 37.1 Å². The second kappa shape index (κ2) is 10.8. The van der Waals surface area contributed by atoms with Crippen LogP contribution in [0.15, 0.2) is 24.3 Å². The third-order valence-electron chi connectivity index (χ3n) is 4.87. The van der Waals surface area contributed by atoms with Crippen LogP contribution in [0.25, 0.3) is 0 Å². The predicted molar refractivity (Wildman–Crippen MR) is 98.0 cm³/mol. The normalized spacial score (nSPS) is 28.9. The summed E-state index contributed by atoms with van der Waals surface area (Å²) in [4.78, 5) is 0. The number of benzene rings is 1. The lowest BCUT2D eigenvalue weighted by molar-refractivity contribution is -0.232. The van der Waals surface area contributed by atoms with Crippen molar-refractivity contribution < 1.29 is 29.9 Å². The molecule has 1 fully saturated rings. The summed E-state index contributed by atoms with van der Waals surface area (Å²) in [6, 6.07) is 7.20. The first-order valence-electron chi connectivity index (χ1n) is 9.62. The summed E-state index contributed by atoms with van der Waals surface area (Å²) in [7, 11) is 0. The fraction of sp³-hybridized carbons (Fsp3) is 0.700. The van der Waals surface area contributed by atoms with Gasteiger partial charge >= 0.3 is 0 Å². The third kappa shape index (κ3) is 5.41. The first-order chi connectivity index (χ1) is 12.6. The van der Waals surface area contributed by atoms with Crippen LogP contribution in [0.1, 0.15) is 57.1 Å². The van der Waals surface area contributed by atoms with Gasteiger partial charge in [0.05, 0.1) is 13.2 Å². The van der Waals surface area contributed by atoms with Gasteiger partial charge in [-0.05, 0) is 12.5 Å². The summed E-state index contributed by atoms with van der Waals surface area (Å²) in [5.74, 6) is 0.588. The lowest BCUT2D eigenvalue weighted by Gasteiger charge is -2.40. The Morgan fingerprint density at radius 1 is 0.923 bits per heavy atom. The standard InChI is InChI=1S/C20H32O6/c1-2-3-4-5-6-9-12-25-15-11-8-7-10-14(15)20-19(24)18(23)17(22)16(13-21)26-20/h7-8,10-11,16-24H,2-6,9,12-13H2,1H3/t16-,17+,18+,19-,20?/m1/s1. The van der Waals surface area contributed by atoms with Crippen molar-refractivity contribution in [1.29, 1.82) is 0 Å². The van der Waals surface area contributed by atoms with Crippen molar-refractivity contribution in [2.45, 2.75) is 76.0 Å². The first kappa shape index (κ1) is 21.1. The van der Waals surface area contributed by atoms with E-state index in [1.165, 1.54) is 25.7 Å². The highest BCUT2D eigenvalue weighted by Gasteiger charge is 2.44. The molecule has 26 heavy (non-hydrogen) atoms. The largest absolute Gasteiger partial charge is 0.493 e. The average Bonchev–Trinajstić information content (AvgIpc) is 2.66. The highest BCUT2D eigenvalue weighted by Crippen LogP contribution is 2.36. The van der Waals surface area contributed by atoms with Crippen molar-refractivity contribution in [1.82, 2.24) is 0 Å². The molecule has 0 aromatic heterocycles. The van der Waals surface area contributed by atoms with Crippen LogP contribution >= 0.6 is 0 Å². The number of para-hydroxylation sites is 1. The SMILES string of the molecule is CCCCCCCCOc1ccccc1C1O[C@H](CO)[C@H](O)[C@H](O)[C@H]1O. The molecule has 0 amide bonds. The molecule has 1 aliphatic rings. The Kier molecular flexibility index (Phi) is 8.81. The van der Waals surface area contributed by atoms with Crippen LogP contribution in [0.5, 0.6) is 5.75 Å². The molecule has 6 nitrogen and oxygen atoms in total. The van der Waals surface area contributed by atoms with Crippen LogP contribution < -0.4 is 4.74 Å². The van der Waals surface area contributed by atoms with Crippen molar-refractivity contribution in [2.24, 2.45) is 0 Å². The zero-order chi connectivity index (χ0) is 18.9. The molecular formula is C20H32O6. The Balaban J connectivity index is 1.97. The minimum absolute atomic E-state index is 0.442. The van der Waals surface area contributed by atoms with Gasteiger partial charge in [0, 0.05) is 5.56 Å². The van der Waals surface area contributed by atoms with Crippen LogP contribution in [0.2, 0.25) is 0 Å². The molecule has 0 radical (unpaired) electrons. The summed E-state index contributed by atoms with van der Waals surface area (Å²) in [6.45, 7) is 2.32. The van der Waals surface area contributed by atoms with Gasteiger partial charge in [-0.2, -0.15) is 0 Å². The van der Waals surface area contributed by atoms with Crippen LogP contribution in [0.3, 0.4) is 0 Å². The smallest absolute Gasteiger partial charge is 0.125 e. The fourth-order valence-corrected chi connectivity index (χ4v) is 3.27. The van der Waals surface area contributed by atoms with Crippen molar-refractivity contribution >= 4 is 0 Å². The second-order valence-corrected chi connectivity index (χ2v) is 6.90. The number of rotatable bonds is 10. The van der Waals surface area contributed by atoms with Crippen molar-refractivity contribution in [2.75, 3.05) is 13.2 Å². The van der Waals surface area contributed by atoms with Crippen molar-refractivity contribution in [3.8, 4) is 5.75 Å². The molecule has 1 aliphatic heterocycles. The number of hydrogen-bond donors (Lipinski definition) is 4. The Morgan fingerprint density at radius 3 is 2.35 bits per heavy atom. The quantitative estimate of drug-likeness (QED) is 0.471. The second-order valence-electron chi connectivity index (χ2n) is 6.90. The van der Waals surface area contributed by atoms with Crippen LogP contribution in [0.4, 0.5) is 0 Å². The van der Waals surface area contributed by atoms with Crippen molar-refractivity contribution in [3.63, 3.8) is 0 Å². The molecule has 4 N–H and O–H groups in total. The zero-order valence-corrected chi connectivity index (χ0v) is 15.5. The number of unbranched alkanes of at least 4 members (excludes halogenated alkanes) is 5. The summed E-state index contributed by atoms with van der Waals surface area (Å²) in [6.07, 6.45) is 1.16. The maximum atomic E-state index is 10.3. The molecule has 2 rings (SSSR count). The molecule has 1 saturated heterocycles. The highest BCUT2D eigenvalue weighted by molar-refractivity contribution is 5.36. The van der Waals surface area contributed by atoms with Crippen LogP contribution in [-0.4, -0.2) is 58.1 Å². The third-order valence-corrected chi connectivity index (χ3v) is 4.87. The molecule has 0 saturated carbocycles. The lowest BCUT2D eigenvalue weighted by Crippen LogP contribution is -2.55. The molecule has 1 unspecified atom stereocenters. The van der Waals surface area contributed by atoms with Crippen molar-refractivity contribution in [3.05, 3.63) is 29.8 Å². The molecule has 1 aromatic carbocycles. The summed E-state index contributed by atoms with van der Waals surface area (Å²) < 4.78 is 11.5. The number of ether oxygens (including phenoxy) is 2. The Labute approximate surface area is 155 Å². The highest BCUT2D eigenvalue weighted by atomic mass is 16.5. The van der Waals surface area contributed by atoms with E-state index in [-0.39, 0.29) is 0 Å². The molecule has 1 heterocycles. The molecule has 0 bridgehead atoms. The Morgan fingerprint density at radius 2 is 1.62 bits per heavy atom. The van der Waals surface area contributed by atoms with E-state index in [0.717, 1.165) is 12.8 Å². The zero-order valence-electron chi connectivity index (χ0n) is 15.5. The lowest BCUT2D eigenvalue weighted by atomic mass is 9.91. The van der Waals surface area contributed by atoms with Gasteiger partial charge in [-0.1, -0.05) is 57.2 Å². The molecule has 148 valence electrons. The molecule has 5 atom stereocenters. The van der Waals surface area contributed by atoms with E-state index in [2.05, 4.69) is 6.92 Å². The first-order valence-corrected chi connectivity index (χ1v) is 9.62. The maximum absolute atomic E-state index is 10.3. The number of aliphatic hydroxyl groups excluding tert-OH is 4. The summed E-state index contributed by atoms with van der Waals surface area (Å²) >= 11 is 0. The average molecular weight is 368 g/mol. The molecule has 6 heteroatoms. The van der Waals surface area contributed by atoms with E-state index in [9.17, 15) is 20.4 Å². The molecule has 1 aromatic rings. The Hall–Kier alpha value is -1.18. The number of aliphatic hydroxyl groups is 4. The maximum Gasteiger partial charge on any atom is 0.125 e. The van der Waals surface area contributed by atoms with Gasteiger partial charge in [-0.15, -0.1) is 0 Å². The fourth-order valence-electron chi connectivity index (χ4n) is 3.27. The topological polar surface area (TPSA) is 99.4 Å². The van der Waals surface area contributed by atoms with Crippen LogP contribution in [0, 0.1) is 0 Å². The van der Waals surface area contributed by atoms with Gasteiger partial charge in [0.1, 0.15) is 36.3 Å². The van der Waals surface area contributed by atoms with Crippen LogP contribution in [-0.2, 0) is 4.74 Å². The van der Waals surface area contributed by atoms with E-state index in [1.54, 1.807) is 18.2 Å². The number of hydrogen-bond acceptors (Lipinski definition) is 6. The predicted octanol–water partition coefficient (Wildman–Crippen LogP) is 1.94. The van der Waals surface area contributed by atoms with Gasteiger partial charge in [0.15, 0.2) is 0 Å². The summed E-state index contributed by atoms with van der Waals surface area (Å²) in [5.41, 5.74) is 0.607. The molecule has 0 aliphatic carbocycles. The van der Waals surface area contributed by atoms with Gasteiger partial charge in [0.25, 0.3) is 0 Å². The van der Waals surface area contributed by atoms with E-state index in [1.807, 2.05) is 6.07 Å². The Bertz CT molecular complexity index is 521. The van der Waals surface area contributed by atoms with Gasteiger partial charge < -0.3 is 29.9 Å². The van der Waals surface area contributed by atoms with Gasteiger partial charge in [-0.25, -0.2) is 0 Å².